The molecule has 7 nitrogen and oxygen atoms in total. The molecule has 1 fully saturated rings. The molecular weight excluding hydrogens is 228 g/mol. The maximum Gasteiger partial charge on any atom is 0.240 e. The van der Waals surface area contributed by atoms with Crippen LogP contribution >= 0.6 is 0 Å². The van der Waals surface area contributed by atoms with Crippen molar-refractivity contribution in [3.05, 3.63) is 0 Å². The van der Waals surface area contributed by atoms with E-state index in [9.17, 15) is 9.59 Å². The molecule has 1 aliphatic heterocycles. The van der Waals surface area contributed by atoms with Crippen LogP contribution in [-0.4, -0.2) is 70.5 Å². The Bertz CT molecular complexity index is 282. The Hall–Kier alpha value is -1.18. The fourth-order valence-electron chi connectivity index (χ4n) is 1.65. The minimum Gasteiger partial charge on any atom is -0.394 e. The molecule has 0 spiro atoms. The topological polar surface area (TPSA) is 110 Å². The van der Waals surface area contributed by atoms with E-state index < -0.39 is 31.3 Å². The van der Waals surface area contributed by atoms with Crippen LogP contribution in [0.2, 0.25) is 0 Å². The Morgan fingerprint density at radius 1 is 1.29 bits per heavy atom. The van der Waals surface area contributed by atoms with Crippen molar-refractivity contribution in [2.24, 2.45) is 0 Å². The Balaban J connectivity index is 2.50. The van der Waals surface area contributed by atoms with Gasteiger partial charge in [-0.05, 0) is 6.42 Å². The number of rotatable bonds is 6. The maximum absolute atomic E-state index is 11.6. The molecule has 0 unspecified atom stereocenters. The Labute approximate surface area is 99.0 Å². The number of amides is 2. The molecule has 4 N–H and O–H groups in total. The van der Waals surface area contributed by atoms with Gasteiger partial charge in [0, 0.05) is 13.0 Å². The van der Waals surface area contributed by atoms with Gasteiger partial charge in [-0.2, -0.15) is 0 Å². The van der Waals surface area contributed by atoms with Crippen molar-refractivity contribution in [3.8, 4) is 0 Å². The van der Waals surface area contributed by atoms with Crippen molar-refractivity contribution in [2.45, 2.75) is 18.4 Å². The number of hydrogen-bond acceptors (Lipinski definition) is 5. The van der Waals surface area contributed by atoms with Crippen molar-refractivity contribution in [1.29, 1.82) is 0 Å². The molecular formula is C10H18N2O5. The Kier molecular flexibility index (Phi) is 4.86. The molecule has 1 heterocycles. The van der Waals surface area contributed by atoms with Crippen LogP contribution in [0.25, 0.3) is 0 Å². The predicted molar refractivity (Wildman–Crippen MR) is 57.9 cm³/mol. The van der Waals surface area contributed by atoms with E-state index in [1.165, 1.54) is 4.90 Å². The molecule has 1 rings (SSSR count). The monoisotopic (exact) mass is 246 g/mol. The molecule has 7 heteroatoms. The van der Waals surface area contributed by atoms with Crippen LogP contribution in [0.4, 0.5) is 0 Å². The fraction of sp³-hybridized carbons (Fsp3) is 0.800. The van der Waals surface area contributed by atoms with Crippen LogP contribution < -0.4 is 5.32 Å². The van der Waals surface area contributed by atoms with E-state index in [0.717, 1.165) is 6.42 Å². The number of aliphatic hydroxyl groups excluding tert-OH is 3. The van der Waals surface area contributed by atoms with Gasteiger partial charge in [-0.15, -0.1) is 0 Å². The van der Waals surface area contributed by atoms with Gasteiger partial charge in [-0.3, -0.25) is 9.59 Å². The molecule has 0 bridgehead atoms. The first-order valence-corrected chi connectivity index (χ1v) is 5.48. The lowest BCUT2D eigenvalue weighted by Gasteiger charge is -2.29. The lowest BCUT2D eigenvalue weighted by molar-refractivity contribution is -0.134. The first-order valence-electron chi connectivity index (χ1n) is 5.48. The minimum atomic E-state index is -1.43. The van der Waals surface area contributed by atoms with E-state index in [4.69, 9.17) is 15.3 Å². The van der Waals surface area contributed by atoms with E-state index >= 15 is 0 Å². The summed E-state index contributed by atoms with van der Waals surface area (Å²) in [6, 6.07) is 0. The molecule has 98 valence electrons. The summed E-state index contributed by atoms with van der Waals surface area (Å²) in [6.45, 7) is -1.28. The van der Waals surface area contributed by atoms with Gasteiger partial charge in [0.2, 0.25) is 11.8 Å². The Morgan fingerprint density at radius 3 is 2.29 bits per heavy atom. The summed E-state index contributed by atoms with van der Waals surface area (Å²) in [5, 5.41) is 29.4. The van der Waals surface area contributed by atoms with E-state index in [0.29, 0.717) is 13.0 Å². The van der Waals surface area contributed by atoms with Crippen LogP contribution in [0, 0.1) is 0 Å². The van der Waals surface area contributed by atoms with E-state index in [2.05, 4.69) is 5.32 Å². The summed E-state index contributed by atoms with van der Waals surface area (Å²) in [5.41, 5.74) is -1.43. The van der Waals surface area contributed by atoms with Crippen molar-refractivity contribution < 1.29 is 24.9 Å². The van der Waals surface area contributed by atoms with Crippen molar-refractivity contribution >= 4 is 11.8 Å². The number of hydrogen-bond donors (Lipinski definition) is 4. The normalized spacial score (nSPS) is 16.4. The van der Waals surface area contributed by atoms with Crippen molar-refractivity contribution in [1.82, 2.24) is 10.2 Å². The van der Waals surface area contributed by atoms with E-state index in [1.807, 2.05) is 0 Å². The third-order valence-corrected chi connectivity index (χ3v) is 2.82. The molecule has 0 aromatic carbocycles. The van der Waals surface area contributed by atoms with Gasteiger partial charge >= 0.3 is 0 Å². The summed E-state index contributed by atoms with van der Waals surface area (Å²) in [5.74, 6) is -0.583. The van der Waals surface area contributed by atoms with Crippen LogP contribution in [-0.2, 0) is 9.59 Å². The lowest BCUT2D eigenvalue weighted by atomic mass is 10.0. The van der Waals surface area contributed by atoms with Gasteiger partial charge in [0.1, 0.15) is 5.54 Å². The van der Waals surface area contributed by atoms with E-state index in [1.54, 1.807) is 0 Å². The maximum atomic E-state index is 11.6. The zero-order valence-corrected chi connectivity index (χ0v) is 9.56. The molecule has 2 amide bonds. The smallest absolute Gasteiger partial charge is 0.240 e. The van der Waals surface area contributed by atoms with Gasteiger partial charge in [0.05, 0.1) is 26.4 Å². The van der Waals surface area contributed by atoms with Gasteiger partial charge in [0.15, 0.2) is 0 Å². The quantitative estimate of drug-likeness (QED) is 0.412. The standard InChI is InChI=1S/C10H18N2O5/c13-5-10(6-14,7-15)11-8(16)4-12-3-1-2-9(12)17/h13-15H,1-7H2,(H,11,16). The van der Waals surface area contributed by atoms with Crippen molar-refractivity contribution in [3.63, 3.8) is 0 Å². The predicted octanol–water partition coefficient (Wildman–Crippen LogP) is -2.56. The second kappa shape index (κ2) is 5.95. The third kappa shape index (κ3) is 3.39. The second-order valence-corrected chi connectivity index (χ2v) is 4.22. The molecule has 0 atom stereocenters. The minimum absolute atomic E-state index is 0.0808. The average Bonchev–Trinajstić information content (AvgIpc) is 2.72. The molecule has 0 aromatic rings. The molecule has 17 heavy (non-hydrogen) atoms. The Morgan fingerprint density at radius 2 is 1.88 bits per heavy atom. The molecule has 0 aromatic heterocycles. The zero-order chi connectivity index (χ0) is 12.9. The summed E-state index contributed by atoms with van der Waals surface area (Å²) in [7, 11) is 0. The molecule has 1 saturated heterocycles. The average molecular weight is 246 g/mol. The van der Waals surface area contributed by atoms with Gasteiger partial charge in [-0.1, -0.05) is 0 Å². The highest BCUT2D eigenvalue weighted by Crippen LogP contribution is 2.09. The van der Waals surface area contributed by atoms with Crippen LogP contribution in [0.1, 0.15) is 12.8 Å². The van der Waals surface area contributed by atoms with Gasteiger partial charge in [0.25, 0.3) is 0 Å². The number of nitrogens with zero attached hydrogens (tertiary/aromatic N) is 1. The second-order valence-electron chi connectivity index (χ2n) is 4.22. The number of carbonyl (C=O) groups is 2. The van der Waals surface area contributed by atoms with Crippen molar-refractivity contribution in [2.75, 3.05) is 32.9 Å². The first-order chi connectivity index (χ1) is 8.06. The number of aliphatic hydroxyl groups is 3. The largest absolute Gasteiger partial charge is 0.394 e. The lowest BCUT2D eigenvalue weighted by Crippen LogP contribution is -2.58. The van der Waals surface area contributed by atoms with Crippen LogP contribution in [0.3, 0.4) is 0 Å². The molecule has 0 saturated carbocycles. The SMILES string of the molecule is O=C(CN1CCCC1=O)NC(CO)(CO)CO. The highest BCUT2D eigenvalue weighted by Gasteiger charge is 2.31. The third-order valence-electron chi connectivity index (χ3n) is 2.82. The number of nitrogens with one attached hydrogen (secondary N) is 1. The van der Waals surface area contributed by atoms with E-state index in [-0.39, 0.29) is 12.5 Å². The highest BCUT2D eigenvalue weighted by atomic mass is 16.3. The summed E-state index contributed by atoms with van der Waals surface area (Å²) in [6.07, 6.45) is 1.18. The van der Waals surface area contributed by atoms with Crippen LogP contribution in [0.15, 0.2) is 0 Å². The van der Waals surface area contributed by atoms with Crippen LogP contribution in [0.5, 0.6) is 0 Å². The summed E-state index contributed by atoms with van der Waals surface area (Å²) < 4.78 is 0. The summed E-state index contributed by atoms with van der Waals surface area (Å²) in [4.78, 5) is 24.3. The highest BCUT2D eigenvalue weighted by molar-refractivity contribution is 5.86. The molecule has 0 aliphatic carbocycles. The van der Waals surface area contributed by atoms with Gasteiger partial charge < -0.3 is 25.5 Å². The summed E-state index contributed by atoms with van der Waals surface area (Å²) >= 11 is 0. The van der Waals surface area contributed by atoms with Gasteiger partial charge in [-0.25, -0.2) is 0 Å². The molecule has 0 radical (unpaired) electrons. The zero-order valence-electron chi connectivity index (χ0n) is 9.56. The fourth-order valence-corrected chi connectivity index (χ4v) is 1.65. The number of carbonyl (C=O) groups excluding carboxylic acids is 2. The molecule has 1 aliphatic rings. The first kappa shape index (κ1) is 13.9. The number of likely N-dealkylation sites (tertiary alicyclic amines) is 1.